The quantitative estimate of drug-likeness (QED) is 0.257. The maximum atomic E-state index is 13.1. The van der Waals surface area contributed by atoms with Gasteiger partial charge in [-0.2, -0.15) is 13.2 Å². The average molecular weight is 437 g/mol. The normalized spacial score (nSPS) is 20.1. The summed E-state index contributed by atoms with van der Waals surface area (Å²) in [5.74, 6) is 9.54. The van der Waals surface area contributed by atoms with E-state index in [1.54, 1.807) is 5.32 Å². The lowest BCUT2D eigenvalue weighted by Crippen LogP contribution is -2.64. The van der Waals surface area contributed by atoms with Gasteiger partial charge in [0, 0.05) is 17.0 Å². The number of hydrogen-bond acceptors (Lipinski definition) is 5. The van der Waals surface area contributed by atoms with Crippen molar-refractivity contribution >= 4 is 11.8 Å². The van der Waals surface area contributed by atoms with Crippen molar-refractivity contribution in [1.29, 1.82) is 0 Å². The lowest BCUT2D eigenvalue weighted by Gasteiger charge is -2.33. The molecular formula is C21H22F3N3O4. The number of rotatable bonds is 6. The van der Waals surface area contributed by atoms with Gasteiger partial charge in [-0.1, -0.05) is 11.8 Å². The molecule has 166 valence electrons. The lowest BCUT2D eigenvalue weighted by atomic mass is 9.94. The van der Waals surface area contributed by atoms with Gasteiger partial charge in [0.15, 0.2) is 5.60 Å². The molecule has 1 aliphatic carbocycles. The first-order valence-electron chi connectivity index (χ1n) is 9.31. The molecule has 10 heteroatoms. The largest absolute Gasteiger partial charge is 0.419 e. The molecule has 1 fully saturated rings. The number of carbonyl (C=O) groups excluding carboxylic acids is 2. The van der Waals surface area contributed by atoms with Crippen LogP contribution < -0.4 is 16.1 Å². The van der Waals surface area contributed by atoms with Crippen molar-refractivity contribution in [2.24, 2.45) is 11.8 Å². The first-order chi connectivity index (χ1) is 14.5. The van der Waals surface area contributed by atoms with Crippen molar-refractivity contribution in [1.82, 2.24) is 16.1 Å². The summed E-state index contributed by atoms with van der Waals surface area (Å²) in [4.78, 5) is 23.9. The highest BCUT2D eigenvalue weighted by molar-refractivity contribution is 5.97. The molecule has 1 aliphatic rings. The van der Waals surface area contributed by atoms with Crippen molar-refractivity contribution in [2.75, 3.05) is 13.6 Å². The zero-order chi connectivity index (χ0) is 23.2. The van der Waals surface area contributed by atoms with Crippen LogP contribution in [0.15, 0.2) is 24.3 Å². The molecule has 0 saturated heterocycles. The van der Waals surface area contributed by atoms with Crippen molar-refractivity contribution < 1.29 is 33.1 Å². The fraction of sp³-hybridized carbons (Fsp3) is 0.429. The Bertz CT molecular complexity index is 937. The molecule has 1 aromatic carbocycles. The highest BCUT2D eigenvalue weighted by Crippen LogP contribution is 2.36. The van der Waals surface area contributed by atoms with Crippen molar-refractivity contribution in [2.45, 2.75) is 31.2 Å². The van der Waals surface area contributed by atoms with E-state index in [0.29, 0.717) is 24.3 Å². The number of aliphatic hydroxyl groups is 1. The van der Waals surface area contributed by atoms with Crippen LogP contribution in [0.25, 0.3) is 0 Å². The highest BCUT2D eigenvalue weighted by Gasteiger charge is 2.58. The summed E-state index contributed by atoms with van der Waals surface area (Å²) in [6.07, 6.45) is -4.21. The molecule has 1 aromatic rings. The van der Waals surface area contributed by atoms with Crippen molar-refractivity contribution in [3.05, 3.63) is 35.4 Å². The van der Waals surface area contributed by atoms with Crippen LogP contribution in [0, 0.1) is 35.5 Å². The topological polar surface area (TPSA) is 111 Å². The average Bonchev–Trinajstić information content (AvgIpc) is 3.46. The molecule has 4 atom stereocenters. The molecule has 2 rings (SSSR count). The van der Waals surface area contributed by atoms with Gasteiger partial charge in [0.25, 0.3) is 11.8 Å². The number of hydroxylamine groups is 1. The molecular weight excluding hydrogens is 415 g/mol. The summed E-state index contributed by atoms with van der Waals surface area (Å²) in [5, 5.41) is 23.3. The van der Waals surface area contributed by atoms with Crippen molar-refractivity contribution in [3.8, 4) is 23.7 Å². The molecule has 31 heavy (non-hydrogen) atoms. The SMILES string of the molecule is CNCC1CC1C#CC#Cc1ccc(C(=O)NC(C(=O)NO)C(C)(O)C(F)(F)F)cc1. The van der Waals surface area contributed by atoms with Gasteiger partial charge in [0.1, 0.15) is 6.04 Å². The summed E-state index contributed by atoms with van der Waals surface area (Å²) < 4.78 is 39.2. The predicted molar refractivity (Wildman–Crippen MR) is 104 cm³/mol. The van der Waals surface area contributed by atoms with E-state index in [1.807, 2.05) is 7.05 Å². The van der Waals surface area contributed by atoms with Gasteiger partial charge < -0.3 is 15.7 Å². The molecule has 0 aromatic heterocycles. The summed E-state index contributed by atoms with van der Waals surface area (Å²) in [6, 6.07) is 3.05. The van der Waals surface area contributed by atoms with Crippen LogP contribution in [-0.4, -0.2) is 53.5 Å². The zero-order valence-electron chi connectivity index (χ0n) is 16.8. The predicted octanol–water partition coefficient (Wildman–Crippen LogP) is 0.814. The fourth-order valence-electron chi connectivity index (χ4n) is 2.75. The standard InChI is InChI=1S/C21H22F3N3O4/c1-20(30,21(22,23)24)17(19(29)27-31)26-18(28)14-9-7-13(8-10-14)5-3-4-6-15-11-16(15)12-25-2/h7-10,15-17,25,30-31H,11-12H2,1-2H3,(H,26,28)(H,27,29). The minimum Gasteiger partial charge on any atom is -0.379 e. The Morgan fingerprint density at radius 2 is 1.87 bits per heavy atom. The van der Waals surface area contributed by atoms with E-state index in [4.69, 9.17) is 5.21 Å². The maximum Gasteiger partial charge on any atom is 0.419 e. The molecule has 4 unspecified atom stereocenters. The molecule has 0 aliphatic heterocycles. The Labute approximate surface area is 177 Å². The van der Waals surface area contributed by atoms with Gasteiger partial charge in [-0.25, -0.2) is 5.48 Å². The van der Waals surface area contributed by atoms with Gasteiger partial charge in [-0.15, -0.1) is 0 Å². The van der Waals surface area contributed by atoms with Crippen LogP contribution >= 0.6 is 0 Å². The van der Waals surface area contributed by atoms with Crippen LogP contribution in [0.2, 0.25) is 0 Å². The van der Waals surface area contributed by atoms with E-state index < -0.39 is 29.6 Å². The van der Waals surface area contributed by atoms with Crippen molar-refractivity contribution in [3.63, 3.8) is 0 Å². The minimum atomic E-state index is -5.24. The van der Waals surface area contributed by atoms with E-state index >= 15 is 0 Å². The lowest BCUT2D eigenvalue weighted by molar-refractivity contribution is -0.260. The van der Waals surface area contributed by atoms with Crippen LogP contribution in [0.3, 0.4) is 0 Å². The number of halogens is 3. The van der Waals surface area contributed by atoms with Crippen LogP contribution in [-0.2, 0) is 4.79 Å². The van der Waals surface area contributed by atoms with E-state index in [-0.39, 0.29) is 5.56 Å². The Morgan fingerprint density at radius 1 is 1.23 bits per heavy atom. The number of benzene rings is 1. The molecule has 7 nitrogen and oxygen atoms in total. The second-order valence-corrected chi connectivity index (χ2v) is 7.28. The summed E-state index contributed by atoms with van der Waals surface area (Å²) >= 11 is 0. The first kappa shape index (κ1) is 24.2. The second kappa shape index (κ2) is 9.84. The van der Waals surface area contributed by atoms with Gasteiger partial charge >= 0.3 is 6.18 Å². The highest BCUT2D eigenvalue weighted by atomic mass is 19.4. The Hall–Kier alpha value is -3.05. The van der Waals surface area contributed by atoms with Crippen LogP contribution in [0.4, 0.5) is 13.2 Å². The maximum absolute atomic E-state index is 13.1. The molecule has 5 N–H and O–H groups in total. The van der Waals surface area contributed by atoms with Gasteiger partial charge in [-0.05, 0) is 69.0 Å². The Morgan fingerprint density at radius 3 is 2.42 bits per heavy atom. The fourth-order valence-corrected chi connectivity index (χ4v) is 2.75. The minimum absolute atomic E-state index is 0.0711. The zero-order valence-corrected chi connectivity index (χ0v) is 16.8. The number of amides is 2. The van der Waals surface area contributed by atoms with Crippen LogP contribution in [0.5, 0.6) is 0 Å². The number of nitrogens with one attached hydrogen (secondary N) is 3. The van der Waals surface area contributed by atoms with Gasteiger partial charge in [-0.3, -0.25) is 14.8 Å². The molecule has 1 saturated carbocycles. The first-order valence-corrected chi connectivity index (χ1v) is 9.31. The molecule has 0 spiro atoms. The number of hydrogen-bond donors (Lipinski definition) is 5. The molecule has 0 heterocycles. The molecule has 0 radical (unpaired) electrons. The van der Waals surface area contributed by atoms with E-state index in [9.17, 15) is 27.9 Å². The Kier molecular flexibility index (Phi) is 7.69. The van der Waals surface area contributed by atoms with E-state index in [0.717, 1.165) is 18.4 Å². The molecule has 2 amide bonds. The third-order valence-corrected chi connectivity index (χ3v) is 4.85. The van der Waals surface area contributed by atoms with E-state index in [1.165, 1.54) is 24.3 Å². The smallest absolute Gasteiger partial charge is 0.379 e. The monoisotopic (exact) mass is 437 g/mol. The molecule has 0 bridgehead atoms. The summed E-state index contributed by atoms with van der Waals surface area (Å²) in [7, 11) is 1.88. The summed E-state index contributed by atoms with van der Waals surface area (Å²) in [6.45, 7) is 1.23. The third-order valence-electron chi connectivity index (χ3n) is 4.85. The van der Waals surface area contributed by atoms with Gasteiger partial charge in [0.2, 0.25) is 0 Å². The van der Waals surface area contributed by atoms with Crippen LogP contribution in [0.1, 0.15) is 29.3 Å². The number of alkyl halides is 3. The second-order valence-electron chi connectivity index (χ2n) is 7.28. The van der Waals surface area contributed by atoms with E-state index in [2.05, 4.69) is 29.0 Å². The third kappa shape index (κ3) is 6.22. The summed E-state index contributed by atoms with van der Waals surface area (Å²) in [5.41, 5.74) is -2.15. The Balaban J connectivity index is 2.05. The number of carbonyl (C=O) groups is 2. The van der Waals surface area contributed by atoms with Gasteiger partial charge in [0.05, 0.1) is 0 Å².